The smallest absolute Gasteiger partial charge is 0.275 e. The highest BCUT2D eigenvalue weighted by Crippen LogP contribution is 2.34. The summed E-state index contributed by atoms with van der Waals surface area (Å²) in [6.45, 7) is 0.704. The second-order valence-electron chi connectivity index (χ2n) is 7.50. The van der Waals surface area contributed by atoms with Crippen LogP contribution < -0.4 is 0 Å². The largest absolute Gasteiger partial charge is 0.289 e. The van der Waals surface area contributed by atoms with Crippen molar-refractivity contribution in [1.29, 1.82) is 0 Å². The number of hydrogen-bond acceptors (Lipinski definition) is 4. The van der Waals surface area contributed by atoms with E-state index in [4.69, 9.17) is 0 Å². The van der Waals surface area contributed by atoms with Gasteiger partial charge >= 0.3 is 0 Å². The molecule has 132 valence electrons. The number of amides is 2. The van der Waals surface area contributed by atoms with Crippen molar-refractivity contribution in [2.45, 2.75) is 82.3 Å². The van der Waals surface area contributed by atoms with Crippen molar-refractivity contribution in [3.63, 3.8) is 0 Å². The first-order chi connectivity index (χ1) is 11.8. The maximum absolute atomic E-state index is 13.1. The van der Waals surface area contributed by atoms with Crippen LogP contribution in [0, 0.1) is 0 Å². The summed E-state index contributed by atoms with van der Waals surface area (Å²) in [6, 6.07) is 0.108. The van der Waals surface area contributed by atoms with Gasteiger partial charge in [0.2, 0.25) is 0 Å². The first-order valence-corrected chi connectivity index (χ1v) is 10.6. The average molecular weight is 350 g/mol. The minimum atomic E-state index is -0.654. The second kappa shape index (κ2) is 7.16. The molecule has 2 saturated carbocycles. The summed E-state index contributed by atoms with van der Waals surface area (Å²) in [7, 11) is 0. The Hall–Kier alpha value is -0.880. The molecule has 2 aliphatic carbocycles. The molecule has 0 bridgehead atoms. The summed E-state index contributed by atoms with van der Waals surface area (Å²) in [4.78, 5) is 34.3. The first-order valence-electron chi connectivity index (χ1n) is 9.60. The van der Waals surface area contributed by atoms with Gasteiger partial charge in [-0.3, -0.25) is 19.4 Å². The SMILES string of the molecule is O=C1N=C2SCCN2C(=O)C1N(C1CCCCC1)C1CCCCC1. The van der Waals surface area contributed by atoms with E-state index in [1.165, 1.54) is 50.3 Å². The van der Waals surface area contributed by atoms with E-state index in [1.54, 1.807) is 4.90 Å². The fourth-order valence-corrected chi connectivity index (χ4v) is 5.79. The Morgan fingerprint density at radius 1 is 0.917 bits per heavy atom. The summed E-state index contributed by atoms with van der Waals surface area (Å²) >= 11 is 1.53. The molecule has 5 nitrogen and oxygen atoms in total. The molecule has 2 aliphatic heterocycles. The van der Waals surface area contributed by atoms with E-state index >= 15 is 0 Å². The van der Waals surface area contributed by atoms with E-state index in [0.29, 0.717) is 23.8 Å². The van der Waals surface area contributed by atoms with Crippen LogP contribution in [-0.4, -0.2) is 57.2 Å². The van der Waals surface area contributed by atoms with Crippen LogP contribution in [0.1, 0.15) is 64.2 Å². The molecule has 0 aromatic carbocycles. The van der Waals surface area contributed by atoms with E-state index in [9.17, 15) is 9.59 Å². The Labute approximate surface area is 148 Å². The molecule has 3 fully saturated rings. The number of carbonyl (C=O) groups is 2. The fourth-order valence-electron chi connectivity index (χ4n) is 4.84. The van der Waals surface area contributed by atoms with Gasteiger partial charge in [0, 0.05) is 24.4 Å². The summed E-state index contributed by atoms with van der Waals surface area (Å²) in [5, 5.41) is 0.633. The third-order valence-corrected chi connectivity index (χ3v) is 6.96. The van der Waals surface area contributed by atoms with Gasteiger partial charge in [0.05, 0.1) is 0 Å². The van der Waals surface area contributed by atoms with E-state index in [-0.39, 0.29) is 11.8 Å². The Balaban J connectivity index is 1.64. The van der Waals surface area contributed by atoms with Crippen LogP contribution in [0.4, 0.5) is 0 Å². The lowest BCUT2D eigenvalue weighted by Gasteiger charge is -2.45. The van der Waals surface area contributed by atoms with Crippen molar-refractivity contribution in [2.24, 2.45) is 4.99 Å². The van der Waals surface area contributed by atoms with Crippen LogP contribution in [0.5, 0.6) is 0 Å². The third-order valence-electron chi connectivity index (χ3n) is 6.01. The van der Waals surface area contributed by atoms with Gasteiger partial charge in [0.1, 0.15) is 0 Å². The van der Waals surface area contributed by atoms with Crippen molar-refractivity contribution in [2.75, 3.05) is 12.3 Å². The minimum absolute atomic E-state index is 0.00820. The van der Waals surface area contributed by atoms with Crippen molar-refractivity contribution < 1.29 is 9.59 Å². The van der Waals surface area contributed by atoms with Crippen LogP contribution in [-0.2, 0) is 9.59 Å². The lowest BCUT2D eigenvalue weighted by molar-refractivity contribution is -0.145. The third kappa shape index (κ3) is 3.03. The van der Waals surface area contributed by atoms with Crippen LogP contribution >= 0.6 is 11.8 Å². The molecule has 2 amide bonds. The molecule has 24 heavy (non-hydrogen) atoms. The molecule has 4 rings (SSSR count). The van der Waals surface area contributed by atoms with Crippen LogP contribution in [0.3, 0.4) is 0 Å². The molecule has 2 heterocycles. The van der Waals surface area contributed by atoms with Gasteiger partial charge in [-0.25, -0.2) is 0 Å². The molecular weight excluding hydrogens is 322 g/mol. The zero-order valence-corrected chi connectivity index (χ0v) is 15.1. The summed E-state index contributed by atoms with van der Waals surface area (Å²) in [6.07, 6.45) is 11.9. The van der Waals surface area contributed by atoms with Crippen LogP contribution in [0.2, 0.25) is 0 Å². The summed E-state index contributed by atoms with van der Waals surface area (Å²) < 4.78 is 0. The number of aliphatic imine (C=N–C) groups is 1. The summed E-state index contributed by atoms with van der Waals surface area (Å²) in [5.41, 5.74) is 0. The number of thioether (sulfide) groups is 1. The topological polar surface area (TPSA) is 53.0 Å². The van der Waals surface area contributed by atoms with E-state index in [2.05, 4.69) is 9.89 Å². The molecule has 0 N–H and O–H groups in total. The lowest BCUT2D eigenvalue weighted by atomic mass is 9.87. The van der Waals surface area contributed by atoms with Gasteiger partial charge in [-0.05, 0) is 25.7 Å². The molecule has 0 radical (unpaired) electrons. The Morgan fingerprint density at radius 3 is 2.08 bits per heavy atom. The number of carbonyl (C=O) groups excluding carboxylic acids is 2. The molecule has 0 aromatic heterocycles. The highest BCUT2D eigenvalue weighted by molar-refractivity contribution is 8.14. The van der Waals surface area contributed by atoms with Crippen LogP contribution in [0.25, 0.3) is 0 Å². The van der Waals surface area contributed by atoms with Gasteiger partial charge < -0.3 is 0 Å². The number of rotatable bonds is 3. The van der Waals surface area contributed by atoms with Crippen LogP contribution in [0.15, 0.2) is 4.99 Å². The first kappa shape index (κ1) is 16.6. The van der Waals surface area contributed by atoms with Crippen molar-refractivity contribution >= 4 is 28.7 Å². The monoisotopic (exact) mass is 349 g/mol. The molecule has 1 saturated heterocycles. The average Bonchev–Trinajstić information content (AvgIpc) is 3.08. The molecule has 0 spiro atoms. The predicted molar refractivity (Wildman–Crippen MR) is 96.0 cm³/mol. The Bertz CT molecular complexity index is 520. The maximum Gasteiger partial charge on any atom is 0.275 e. The van der Waals surface area contributed by atoms with Crippen molar-refractivity contribution in [3.05, 3.63) is 0 Å². The van der Waals surface area contributed by atoms with Gasteiger partial charge in [-0.15, -0.1) is 0 Å². The van der Waals surface area contributed by atoms with Gasteiger partial charge in [-0.2, -0.15) is 4.99 Å². The van der Waals surface area contributed by atoms with Gasteiger partial charge in [0.25, 0.3) is 11.8 Å². The Morgan fingerprint density at radius 2 is 1.50 bits per heavy atom. The molecular formula is C18H27N3O2S. The molecule has 1 atom stereocenters. The van der Waals surface area contributed by atoms with Gasteiger partial charge in [0.15, 0.2) is 11.2 Å². The normalized spacial score (nSPS) is 30.0. The minimum Gasteiger partial charge on any atom is -0.289 e. The van der Waals surface area contributed by atoms with Gasteiger partial charge in [-0.1, -0.05) is 50.3 Å². The molecule has 0 aromatic rings. The highest BCUT2D eigenvalue weighted by atomic mass is 32.2. The zero-order valence-electron chi connectivity index (χ0n) is 14.3. The van der Waals surface area contributed by atoms with Crippen molar-refractivity contribution in [1.82, 2.24) is 9.80 Å². The fraction of sp³-hybridized carbons (Fsp3) is 0.833. The predicted octanol–water partition coefficient (Wildman–Crippen LogP) is 2.79. The Kier molecular flexibility index (Phi) is 4.95. The van der Waals surface area contributed by atoms with E-state index in [1.807, 2.05) is 0 Å². The highest BCUT2D eigenvalue weighted by Gasteiger charge is 2.47. The van der Waals surface area contributed by atoms with E-state index in [0.717, 1.165) is 31.4 Å². The zero-order chi connectivity index (χ0) is 16.5. The van der Waals surface area contributed by atoms with E-state index < -0.39 is 6.04 Å². The number of hydrogen-bond donors (Lipinski definition) is 0. The number of nitrogens with zero attached hydrogens (tertiary/aromatic N) is 3. The molecule has 1 unspecified atom stereocenters. The maximum atomic E-state index is 13.1. The molecule has 4 aliphatic rings. The molecule has 6 heteroatoms. The van der Waals surface area contributed by atoms with Crippen molar-refractivity contribution in [3.8, 4) is 0 Å². The standard InChI is InChI=1S/C18H27N3O2S/c22-16-15(17(23)20-11-12-24-18(20)19-16)21(13-7-3-1-4-8-13)14-9-5-2-6-10-14/h13-15H,1-12H2. The quantitative estimate of drug-likeness (QED) is 0.735. The number of fused-ring (bicyclic) bond motifs is 1. The lowest BCUT2D eigenvalue weighted by Crippen LogP contribution is -2.61. The number of amidine groups is 1. The second-order valence-corrected chi connectivity index (χ2v) is 8.57. The summed E-state index contributed by atoms with van der Waals surface area (Å²) in [5.74, 6) is 0.639.